The number of phenols is 2. The van der Waals surface area contributed by atoms with Gasteiger partial charge in [0, 0.05) is 11.5 Å². The summed E-state index contributed by atoms with van der Waals surface area (Å²) in [7, 11) is 0. The standard InChI is InChI=1S/C9H8O2S2/c1-12-9-7(11)4-6(10)5-2-3-13-8(5)9/h2-4,10-11H,1H3. The fourth-order valence-electron chi connectivity index (χ4n) is 1.27. The van der Waals surface area contributed by atoms with E-state index < -0.39 is 0 Å². The van der Waals surface area contributed by atoms with Gasteiger partial charge in [0.2, 0.25) is 0 Å². The molecule has 1 heterocycles. The number of aromatic hydroxyl groups is 2. The van der Waals surface area contributed by atoms with Crippen LogP contribution in [0, 0.1) is 0 Å². The van der Waals surface area contributed by atoms with Gasteiger partial charge < -0.3 is 10.2 Å². The largest absolute Gasteiger partial charge is 0.507 e. The second kappa shape index (κ2) is 3.12. The van der Waals surface area contributed by atoms with Crippen LogP contribution in [0.5, 0.6) is 11.5 Å². The lowest BCUT2D eigenvalue weighted by Crippen LogP contribution is -1.74. The van der Waals surface area contributed by atoms with E-state index in [1.807, 2.05) is 17.7 Å². The Bertz CT molecular complexity index is 448. The minimum atomic E-state index is 0.145. The summed E-state index contributed by atoms with van der Waals surface area (Å²) in [6, 6.07) is 3.25. The van der Waals surface area contributed by atoms with E-state index in [0.717, 1.165) is 15.0 Å². The number of rotatable bonds is 1. The number of thiophene rings is 1. The van der Waals surface area contributed by atoms with Crippen LogP contribution in [-0.4, -0.2) is 16.5 Å². The Labute approximate surface area is 83.8 Å². The summed E-state index contributed by atoms with van der Waals surface area (Å²) in [6.07, 6.45) is 1.91. The average molecular weight is 212 g/mol. The quantitative estimate of drug-likeness (QED) is 0.714. The molecule has 0 bridgehead atoms. The van der Waals surface area contributed by atoms with Crippen LogP contribution in [0.1, 0.15) is 0 Å². The average Bonchev–Trinajstić information content (AvgIpc) is 2.53. The highest BCUT2D eigenvalue weighted by Gasteiger charge is 2.10. The minimum absolute atomic E-state index is 0.145. The molecule has 0 amide bonds. The van der Waals surface area contributed by atoms with Gasteiger partial charge in [-0.25, -0.2) is 0 Å². The summed E-state index contributed by atoms with van der Waals surface area (Å²) in [5.41, 5.74) is 0. The predicted molar refractivity (Wildman–Crippen MR) is 56.9 cm³/mol. The van der Waals surface area contributed by atoms with E-state index in [2.05, 4.69) is 0 Å². The summed E-state index contributed by atoms with van der Waals surface area (Å²) in [5.74, 6) is 0.298. The van der Waals surface area contributed by atoms with Crippen LogP contribution in [0.25, 0.3) is 10.1 Å². The lowest BCUT2D eigenvalue weighted by Gasteiger charge is -2.03. The van der Waals surface area contributed by atoms with Crippen LogP contribution in [0.4, 0.5) is 0 Å². The number of benzene rings is 1. The summed E-state index contributed by atoms with van der Waals surface area (Å²) >= 11 is 3.01. The molecule has 0 saturated carbocycles. The Morgan fingerprint density at radius 2 is 2.08 bits per heavy atom. The number of hydrogen-bond acceptors (Lipinski definition) is 4. The smallest absolute Gasteiger partial charge is 0.134 e. The Kier molecular flexibility index (Phi) is 2.09. The van der Waals surface area contributed by atoms with Crippen LogP contribution >= 0.6 is 23.1 Å². The van der Waals surface area contributed by atoms with Crippen LogP contribution in [0.3, 0.4) is 0 Å². The molecule has 0 aliphatic carbocycles. The molecule has 1 aromatic heterocycles. The van der Waals surface area contributed by atoms with Crippen molar-refractivity contribution in [2.45, 2.75) is 4.90 Å². The predicted octanol–water partition coefficient (Wildman–Crippen LogP) is 3.03. The van der Waals surface area contributed by atoms with Gasteiger partial charge in [-0.05, 0) is 17.7 Å². The van der Waals surface area contributed by atoms with Gasteiger partial charge in [0.15, 0.2) is 0 Å². The summed E-state index contributed by atoms with van der Waals surface area (Å²) < 4.78 is 0.949. The molecule has 0 aliphatic heterocycles. The molecule has 0 radical (unpaired) electrons. The fourth-order valence-corrected chi connectivity index (χ4v) is 3.08. The molecule has 0 spiro atoms. The van der Waals surface area contributed by atoms with Crippen molar-refractivity contribution in [3.8, 4) is 11.5 Å². The highest BCUT2D eigenvalue weighted by Crippen LogP contribution is 2.42. The van der Waals surface area contributed by atoms with Crippen molar-refractivity contribution >= 4 is 33.2 Å². The fraction of sp³-hybridized carbons (Fsp3) is 0.111. The van der Waals surface area contributed by atoms with E-state index in [-0.39, 0.29) is 11.5 Å². The van der Waals surface area contributed by atoms with Gasteiger partial charge in [-0.3, -0.25) is 0 Å². The van der Waals surface area contributed by atoms with E-state index in [4.69, 9.17) is 0 Å². The Morgan fingerprint density at radius 1 is 1.31 bits per heavy atom. The van der Waals surface area contributed by atoms with Crippen molar-refractivity contribution in [3.05, 3.63) is 17.5 Å². The first-order valence-electron chi connectivity index (χ1n) is 3.70. The van der Waals surface area contributed by atoms with Crippen molar-refractivity contribution < 1.29 is 10.2 Å². The molecular formula is C9H8O2S2. The molecule has 2 nitrogen and oxygen atoms in total. The third-order valence-corrected chi connectivity index (χ3v) is 3.74. The molecule has 2 N–H and O–H groups in total. The number of thioether (sulfide) groups is 1. The van der Waals surface area contributed by atoms with Crippen LogP contribution in [0.2, 0.25) is 0 Å². The zero-order valence-electron chi connectivity index (χ0n) is 6.94. The van der Waals surface area contributed by atoms with Gasteiger partial charge in [-0.2, -0.15) is 0 Å². The monoisotopic (exact) mass is 212 g/mol. The van der Waals surface area contributed by atoms with E-state index >= 15 is 0 Å². The SMILES string of the molecule is CSc1c(O)cc(O)c2ccsc12. The molecular weight excluding hydrogens is 204 g/mol. The summed E-state index contributed by atoms with van der Waals surface area (Å²) in [5, 5.41) is 21.8. The van der Waals surface area contributed by atoms with Crippen molar-refractivity contribution in [3.63, 3.8) is 0 Å². The van der Waals surface area contributed by atoms with Gasteiger partial charge >= 0.3 is 0 Å². The lowest BCUT2D eigenvalue weighted by atomic mass is 10.2. The lowest BCUT2D eigenvalue weighted by molar-refractivity contribution is 0.447. The molecule has 13 heavy (non-hydrogen) atoms. The van der Waals surface area contributed by atoms with Gasteiger partial charge in [0.1, 0.15) is 11.5 Å². The third kappa shape index (κ3) is 1.26. The molecule has 4 heteroatoms. The second-order valence-corrected chi connectivity index (χ2v) is 4.34. The maximum atomic E-state index is 9.53. The Balaban J connectivity index is 2.88. The molecule has 68 valence electrons. The molecule has 2 rings (SSSR count). The van der Waals surface area contributed by atoms with Gasteiger partial charge in [-0.1, -0.05) is 0 Å². The van der Waals surface area contributed by atoms with Crippen molar-refractivity contribution in [1.29, 1.82) is 0 Å². The number of phenolic OH excluding ortho intramolecular Hbond substituents is 2. The van der Waals surface area contributed by atoms with Crippen LogP contribution < -0.4 is 0 Å². The second-order valence-electron chi connectivity index (χ2n) is 2.61. The van der Waals surface area contributed by atoms with Crippen molar-refractivity contribution in [2.24, 2.45) is 0 Å². The third-order valence-electron chi connectivity index (χ3n) is 1.86. The van der Waals surface area contributed by atoms with E-state index in [9.17, 15) is 10.2 Å². The maximum Gasteiger partial charge on any atom is 0.134 e. The van der Waals surface area contributed by atoms with E-state index in [1.54, 1.807) is 0 Å². The summed E-state index contributed by atoms with van der Waals surface area (Å²) in [4.78, 5) is 0.836. The molecule has 2 aromatic rings. The normalized spacial score (nSPS) is 10.8. The zero-order valence-corrected chi connectivity index (χ0v) is 8.58. The molecule has 0 unspecified atom stereocenters. The topological polar surface area (TPSA) is 40.5 Å². The highest BCUT2D eigenvalue weighted by atomic mass is 32.2. The Hall–Kier alpha value is -0.870. The first-order valence-corrected chi connectivity index (χ1v) is 5.80. The van der Waals surface area contributed by atoms with Gasteiger partial charge in [0.05, 0.1) is 9.60 Å². The van der Waals surface area contributed by atoms with Crippen molar-refractivity contribution in [1.82, 2.24) is 0 Å². The molecule has 0 fully saturated rings. The minimum Gasteiger partial charge on any atom is -0.507 e. The Morgan fingerprint density at radius 3 is 2.77 bits per heavy atom. The number of hydrogen-bond donors (Lipinski definition) is 2. The molecule has 0 atom stereocenters. The molecule has 0 saturated heterocycles. The molecule has 0 aliphatic rings. The van der Waals surface area contributed by atoms with Crippen molar-refractivity contribution in [2.75, 3.05) is 6.26 Å². The highest BCUT2D eigenvalue weighted by molar-refractivity contribution is 7.99. The van der Waals surface area contributed by atoms with E-state index in [1.165, 1.54) is 29.2 Å². The van der Waals surface area contributed by atoms with Crippen LogP contribution in [-0.2, 0) is 0 Å². The first kappa shape index (κ1) is 8.72. The summed E-state index contributed by atoms with van der Waals surface area (Å²) in [6.45, 7) is 0. The molecule has 1 aromatic carbocycles. The first-order chi connectivity index (χ1) is 6.24. The zero-order chi connectivity index (χ0) is 9.42. The van der Waals surface area contributed by atoms with Gasteiger partial charge in [0.25, 0.3) is 0 Å². The van der Waals surface area contributed by atoms with E-state index in [0.29, 0.717) is 0 Å². The van der Waals surface area contributed by atoms with Crippen LogP contribution in [0.15, 0.2) is 22.4 Å². The number of fused-ring (bicyclic) bond motifs is 1. The van der Waals surface area contributed by atoms with Gasteiger partial charge in [-0.15, -0.1) is 23.1 Å². The maximum absolute atomic E-state index is 9.53.